The van der Waals surface area contributed by atoms with Gasteiger partial charge in [-0.2, -0.15) is 28.2 Å². The molecule has 0 aliphatic heterocycles. The van der Waals surface area contributed by atoms with Gasteiger partial charge < -0.3 is 15.2 Å². The van der Waals surface area contributed by atoms with E-state index in [1.165, 1.54) is 4.68 Å². The Balaban J connectivity index is 1.60. The Kier molecular flexibility index (Phi) is 6.62. The molecule has 0 aliphatic rings. The summed E-state index contributed by atoms with van der Waals surface area (Å²) >= 11 is 0. The molecule has 0 saturated carbocycles. The first kappa shape index (κ1) is 25.7. The second kappa shape index (κ2) is 9.55. The number of alkyl halides is 3. The molecule has 194 valence electrons. The second-order valence-electron chi connectivity index (χ2n) is 8.95. The normalized spacial score (nSPS) is 12.0. The molecule has 4 aromatic rings. The van der Waals surface area contributed by atoms with Gasteiger partial charge in [0.2, 0.25) is 5.95 Å². The highest BCUT2D eigenvalue weighted by atomic mass is 19.4. The fourth-order valence-corrected chi connectivity index (χ4v) is 3.20. The SMILES string of the molecule is Cn1ccc(Nc2ncnc(-c3ccc(CNC(=O)c4nc(C(C)(C)C)no4)c(C(F)(F)F)c3F)n2)n1. The molecule has 0 bridgehead atoms. The fourth-order valence-electron chi connectivity index (χ4n) is 3.20. The smallest absolute Gasteiger partial charge is 0.344 e. The first-order chi connectivity index (χ1) is 17.3. The van der Waals surface area contributed by atoms with E-state index in [1.54, 1.807) is 40.1 Å². The third-order valence-corrected chi connectivity index (χ3v) is 5.01. The predicted octanol–water partition coefficient (Wildman–Crippen LogP) is 3.78. The minimum absolute atomic E-state index is 0.0396. The van der Waals surface area contributed by atoms with Crippen molar-refractivity contribution < 1.29 is 26.9 Å². The van der Waals surface area contributed by atoms with Crippen LogP contribution in [0.2, 0.25) is 0 Å². The number of nitrogens with one attached hydrogen (secondary N) is 2. The maximum Gasteiger partial charge on any atom is 0.419 e. The zero-order valence-corrected chi connectivity index (χ0v) is 20.1. The van der Waals surface area contributed by atoms with Crippen molar-refractivity contribution in [2.75, 3.05) is 5.32 Å². The third-order valence-electron chi connectivity index (χ3n) is 5.01. The molecule has 2 N–H and O–H groups in total. The average molecular weight is 519 g/mol. The number of hydrogen-bond donors (Lipinski definition) is 2. The Labute approximate surface area is 207 Å². The summed E-state index contributed by atoms with van der Waals surface area (Å²) in [5, 5.41) is 12.8. The number of aromatic nitrogens is 7. The highest BCUT2D eigenvalue weighted by Gasteiger charge is 2.38. The van der Waals surface area contributed by atoms with Crippen LogP contribution < -0.4 is 10.6 Å². The number of hydrogen-bond acceptors (Lipinski definition) is 9. The van der Waals surface area contributed by atoms with Crippen LogP contribution >= 0.6 is 0 Å². The Morgan fingerprint density at radius 3 is 2.49 bits per heavy atom. The van der Waals surface area contributed by atoms with E-state index in [1.807, 2.05) is 0 Å². The van der Waals surface area contributed by atoms with E-state index in [0.29, 0.717) is 5.82 Å². The zero-order chi connectivity index (χ0) is 27.0. The van der Waals surface area contributed by atoms with Crippen LogP contribution in [-0.4, -0.2) is 40.8 Å². The van der Waals surface area contributed by atoms with Crippen LogP contribution in [0.5, 0.6) is 0 Å². The molecule has 0 fully saturated rings. The van der Waals surface area contributed by atoms with Crippen LogP contribution in [0.3, 0.4) is 0 Å². The van der Waals surface area contributed by atoms with Crippen molar-refractivity contribution in [1.29, 1.82) is 0 Å². The van der Waals surface area contributed by atoms with Crippen LogP contribution in [0.25, 0.3) is 11.4 Å². The maximum atomic E-state index is 15.2. The molecule has 0 aliphatic carbocycles. The molecule has 0 spiro atoms. The number of benzene rings is 1. The fraction of sp³-hybridized carbons (Fsp3) is 0.318. The van der Waals surface area contributed by atoms with E-state index < -0.39 is 52.4 Å². The summed E-state index contributed by atoms with van der Waals surface area (Å²) in [6.07, 6.45) is -2.39. The summed E-state index contributed by atoms with van der Waals surface area (Å²) in [5.74, 6) is -2.66. The van der Waals surface area contributed by atoms with Crippen molar-refractivity contribution in [2.24, 2.45) is 7.05 Å². The van der Waals surface area contributed by atoms with Crippen molar-refractivity contribution in [3.63, 3.8) is 0 Å². The Morgan fingerprint density at radius 1 is 1.11 bits per heavy atom. The molecule has 0 saturated heterocycles. The van der Waals surface area contributed by atoms with Crippen LogP contribution in [0.4, 0.5) is 29.3 Å². The number of anilines is 2. The molecule has 11 nitrogen and oxygen atoms in total. The van der Waals surface area contributed by atoms with Crippen LogP contribution in [-0.2, 0) is 25.2 Å². The monoisotopic (exact) mass is 519 g/mol. The molecule has 0 unspecified atom stereocenters. The van der Waals surface area contributed by atoms with Crippen molar-refractivity contribution in [1.82, 2.24) is 40.2 Å². The maximum absolute atomic E-state index is 15.2. The molecule has 1 amide bonds. The van der Waals surface area contributed by atoms with E-state index in [0.717, 1.165) is 18.5 Å². The minimum Gasteiger partial charge on any atom is -0.344 e. The number of nitrogens with zero attached hydrogens (tertiary/aromatic N) is 7. The number of carbonyl (C=O) groups is 1. The van der Waals surface area contributed by atoms with Gasteiger partial charge in [-0.3, -0.25) is 9.48 Å². The molecule has 37 heavy (non-hydrogen) atoms. The standard InChI is InChI=1S/C22H21F4N9O2/c1-21(2,3)19-32-18(37-34-19)17(36)27-9-11-5-6-12(15(23)14(11)22(24,25)26)16-28-10-29-20(31-16)30-13-7-8-35(4)33-13/h5-8,10H,9H2,1-4H3,(H,27,36)(H,28,29,30,31,33). The topological polar surface area (TPSA) is 137 Å². The summed E-state index contributed by atoms with van der Waals surface area (Å²) in [5.41, 5.74) is -3.09. The Hall–Kier alpha value is -4.43. The molecule has 3 aromatic heterocycles. The highest BCUT2D eigenvalue weighted by molar-refractivity contribution is 5.89. The molecule has 1 aromatic carbocycles. The largest absolute Gasteiger partial charge is 0.419 e. The molecule has 4 rings (SSSR count). The minimum atomic E-state index is -5.08. The van der Waals surface area contributed by atoms with E-state index in [2.05, 4.69) is 40.8 Å². The third kappa shape index (κ3) is 5.70. The average Bonchev–Trinajstić information content (AvgIpc) is 3.46. The van der Waals surface area contributed by atoms with Crippen molar-refractivity contribution in [2.45, 2.75) is 38.9 Å². The van der Waals surface area contributed by atoms with Crippen LogP contribution in [0.1, 0.15) is 48.4 Å². The van der Waals surface area contributed by atoms with Gasteiger partial charge in [0.25, 0.3) is 0 Å². The number of halogens is 4. The van der Waals surface area contributed by atoms with Gasteiger partial charge in [-0.1, -0.05) is 32.0 Å². The lowest BCUT2D eigenvalue weighted by atomic mass is 9.96. The van der Waals surface area contributed by atoms with Gasteiger partial charge in [0.05, 0.1) is 11.1 Å². The van der Waals surface area contributed by atoms with Crippen molar-refractivity contribution in [3.8, 4) is 11.4 Å². The zero-order valence-electron chi connectivity index (χ0n) is 20.1. The summed E-state index contributed by atoms with van der Waals surface area (Å²) in [6.45, 7) is 4.73. The summed E-state index contributed by atoms with van der Waals surface area (Å²) in [7, 11) is 1.69. The first-order valence-corrected chi connectivity index (χ1v) is 10.8. The Bertz CT molecular complexity index is 1440. The van der Waals surface area contributed by atoms with E-state index >= 15 is 4.39 Å². The van der Waals surface area contributed by atoms with E-state index in [-0.39, 0.29) is 17.6 Å². The number of aryl methyl sites for hydroxylation is 1. The molecular formula is C22H21F4N9O2. The molecular weight excluding hydrogens is 498 g/mol. The molecule has 3 heterocycles. The van der Waals surface area contributed by atoms with Gasteiger partial charge in [-0.05, 0) is 11.6 Å². The summed E-state index contributed by atoms with van der Waals surface area (Å²) < 4.78 is 63.3. The quantitative estimate of drug-likeness (QED) is 0.365. The number of amides is 1. The second-order valence-corrected chi connectivity index (χ2v) is 8.95. The van der Waals surface area contributed by atoms with Gasteiger partial charge in [0, 0.05) is 31.3 Å². The highest BCUT2D eigenvalue weighted by Crippen LogP contribution is 2.37. The Morgan fingerprint density at radius 2 is 1.86 bits per heavy atom. The lowest BCUT2D eigenvalue weighted by Gasteiger charge is -2.16. The van der Waals surface area contributed by atoms with Gasteiger partial charge in [-0.25, -0.2) is 14.4 Å². The summed E-state index contributed by atoms with van der Waals surface area (Å²) in [4.78, 5) is 28.0. The van der Waals surface area contributed by atoms with Gasteiger partial charge in [0.1, 0.15) is 12.1 Å². The number of carbonyl (C=O) groups excluding carboxylic acids is 1. The lowest BCUT2D eigenvalue weighted by Crippen LogP contribution is -2.26. The van der Waals surface area contributed by atoms with E-state index in [9.17, 15) is 18.0 Å². The summed E-state index contributed by atoms with van der Waals surface area (Å²) in [6, 6.07) is 3.75. The van der Waals surface area contributed by atoms with Crippen LogP contribution in [0, 0.1) is 5.82 Å². The van der Waals surface area contributed by atoms with E-state index in [4.69, 9.17) is 4.52 Å². The molecule has 15 heteroatoms. The van der Waals surface area contributed by atoms with Crippen LogP contribution in [0.15, 0.2) is 35.2 Å². The molecule has 0 atom stereocenters. The van der Waals surface area contributed by atoms with Crippen molar-refractivity contribution in [3.05, 3.63) is 59.4 Å². The predicted molar refractivity (Wildman–Crippen MR) is 121 cm³/mol. The molecule has 0 radical (unpaired) electrons. The van der Waals surface area contributed by atoms with Gasteiger partial charge in [-0.15, -0.1) is 0 Å². The number of rotatable bonds is 6. The van der Waals surface area contributed by atoms with Crippen molar-refractivity contribution >= 4 is 17.7 Å². The van der Waals surface area contributed by atoms with Gasteiger partial charge >= 0.3 is 18.0 Å². The first-order valence-electron chi connectivity index (χ1n) is 10.8. The lowest BCUT2D eigenvalue weighted by molar-refractivity contribution is -0.140. The van der Waals surface area contributed by atoms with Gasteiger partial charge in [0.15, 0.2) is 17.5 Å².